The first-order chi connectivity index (χ1) is 36.0. The second-order valence-corrected chi connectivity index (χ2v) is 22.0. The Kier molecular flexibility index (Phi) is 60.2. The number of esters is 3. The third-order valence-corrected chi connectivity index (χ3v) is 14.6. The van der Waals surface area contributed by atoms with Gasteiger partial charge in [-0.1, -0.05) is 295 Å². The van der Waals surface area contributed by atoms with Gasteiger partial charge in [0.25, 0.3) is 0 Å². The summed E-state index contributed by atoms with van der Waals surface area (Å²) >= 11 is 0. The third-order valence-electron chi connectivity index (χ3n) is 14.6. The Bertz CT molecular complexity index is 1220. The van der Waals surface area contributed by atoms with Crippen molar-refractivity contribution in [2.75, 3.05) is 13.2 Å². The molecule has 1 atom stereocenters. The van der Waals surface area contributed by atoms with Crippen LogP contribution in [0.1, 0.15) is 355 Å². The van der Waals surface area contributed by atoms with Crippen LogP contribution >= 0.6 is 0 Å². The number of carbonyl (C=O) groups excluding carboxylic acids is 3. The molecule has 0 N–H and O–H groups in total. The number of rotatable bonds is 60. The van der Waals surface area contributed by atoms with Crippen LogP contribution in [0, 0.1) is 0 Å². The average molecular weight is 1030 g/mol. The van der Waals surface area contributed by atoms with Gasteiger partial charge in [-0.25, -0.2) is 0 Å². The summed E-state index contributed by atoms with van der Waals surface area (Å²) < 4.78 is 16.9. The minimum atomic E-state index is -0.776. The summed E-state index contributed by atoms with van der Waals surface area (Å²) in [5.74, 6) is -0.867. The monoisotopic (exact) mass is 1020 g/mol. The average Bonchev–Trinajstić information content (AvgIpc) is 3.39. The Labute approximate surface area is 455 Å². The minimum absolute atomic E-state index is 0.0732. The number of hydrogen-bond acceptors (Lipinski definition) is 6. The Balaban J connectivity index is 4.13. The molecule has 0 radical (unpaired) electrons. The van der Waals surface area contributed by atoms with Crippen molar-refractivity contribution in [2.24, 2.45) is 0 Å². The van der Waals surface area contributed by atoms with Gasteiger partial charge in [-0.05, 0) is 77.0 Å². The molecule has 1 unspecified atom stereocenters. The zero-order valence-electron chi connectivity index (χ0n) is 49.2. The van der Waals surface area contributed by atoms with Crippen LogP contribution < -0.4 is 0 Å². The summed E-state index contributed by atoms with van der Waals surface area (Å²) in [5.41, 5.74) is 0. The fraction of sp³-hybridized carbons (Fsp3) is 0.866. The van der Waals surface area contributed by atoms with Crippen LogP contribution in [0.25, 0.3) is 0 Å². The lowest BCUT2D eigenvalue weighted by Crippen LogP contribution is -2.30. The van der Waals surface area contributed by atoms with E-state index in [4.69, 9.17) is 14.2 Å². The van der Waals surface area contributed by atoms with Gasteiger partial charge in [0.15, 0.2) is 6.10 Å². The molecule has 6 nitrogen and oxygen atoms in total. The van der Waals surface area contributed by atoms with Crippen LogP contribution in [0.2, 0.25) is 0 Å². The first-order valence-electron chi connectivity index (χ1n) is 32.5. The summed E-state index contributed by atoms with van der Waals surface area (Å²) in [7, 11) is 0. The molecule has 0 fully saturated rings. The molecule has 0 spiro atoms. The van der Waals surface area contributed by atoms with Crippen LogP contribution in [-0.4, -0.2) is 37.2 Å². The molecule has 73 heavy (non-hydrogen) atoms. The normalized spacial score (nSPS) is 12.2. The van der Waals surface area contributed by atoms with Crippen molar-refractivity contribution in [1.29, 1.82) is 0 Å². The highest BCUT2D eigenvalue weighted by Crippen LogP contribution is 2.17. The third kappa shape index (κ3) is 60.4. The molecule has 0 heterocycles. The van der Waals surface area contributed by atoms with Gasteiger partial charge in [-0.2, -0.15) is 0 Å². The van der Waals surface area contributed by atoms with E-state index in [0.29, 0.717) is 19.3 Å². The molecule has 0 aliphatic heterocycles. The largest absolute Gasteiger partial charge is 0.462 e. The lowest BCUT2D eigenvalue weighted by Gasteiger charge is -2.18. The van der Waals surface area contributed by atoms with E-state index >= 15 is 0 Å². The second-order valence-electron chi connectivity index (χ2n) is 22.0. The van der Waals surface area contributed by atoms with Crippen molar-refractivity contribution >= 4 is 17.9 Å². The van der Waals surface area contributed by atoms with Crippen LogP contribution in [-0.2, 0) is 28.6 Å². The Morgan fingerprint density at radius 2 is 0.493 bits per heavy atom. The van der Waals surface area contributed by atoms with Gasteiger partial charge in [0, 0.05) is 19.3 Å². The van der Waals surface area contributed by atoms with E-state index in [0.717, 1.165) is 83.5 Å². The Hall–Kier alpha value is -2.37. The lowest BCUT2D eigenvalue weighted by molar-refractivity contribution is -0.167. The first-order valence-corrected chi connectivity index (χ1v) is 32.5. The van der Waals surface area contributed by atoms with E-state index in [-0.39, 0.29) is 31.1 Å². The predicted molar refractivity (Wildman–Crippen MR) is 316 cm³/mol. The van der Waals surface area contributed by atoms with Crippen LogP contribution in [0.5, 0.6) is 0 Å². The highest BCUT2D eigenvalue weighted by atomic mass is 16.6. The van der Waals surface area contributed by atoms with Gasteiger partial charge < -0.3 is 14.2 Å². The predicted octanol–water partition coefficient (Wildman–Crippen LogP) is 22.0. The highest BCUT2D eigenvalue weighted by molar-refractivity contribution is 5.71. The molecule has 0 bridgehead atoms. The van der Waals surface area contributed by atoms with Gasteiger partial charge in [-0.3, -0.25) is 14.4 Å². The van der Waals surface area contributed by atoms with E-state index in [1.54, 1.807) is 0 Å². The van der Waals surface area contributed by atoms with Crippen molar-refractivity contribution in [2.45, 2.75) is 361 Å². The van der Waals surface area contributed by atoms with Gasteiger partial charge in [0.05, 0.1) is 0 Å². The fourth-order valence-electron chi connectivity index (χ4n) is 9.71. The van der Waals surface area contributed by atoms with Crippen molar-refractivity contribution in [3.63, 3.8) is 0 Å². The zero-order chi connectivity index (χ0) is 52.9. The zero-order valence-corrected chi connectivity index (χ0v) is 49.2. The number of ether oxygens (including phenoxy) is 3. The lowest BCUT2D eigenvalue weighted by atomic mass is 10.0. The quantitative estimate of drug-likeness (QED) is 0.0261. The van der Waals surface area contributed by atoms with Gasteiger partial charge in [0.2, 0.25) is 0 Å². The summed E-state index contributed by atoms with van der Waals surface area (Å²) in [5, 5.41) is 0. The van der Waals surface area contributed by atoms with Crippen molar-refractivity contribution in [1.82, 2.24) is 0 Å². The van der Waals surface area contributed by atoms with Crippen molar-refractivity contribution in [3.8, 4) is 0 Å². The molecular weight excluding hydrogens is 901 g/mol. The van der Waals surface area contributed by atoms with E-state index in [9.17, 15) is 14.4 Å². The summed E-state index contributed by atoms with van der Waals surface area (Å²) in [6.07, 6.45) is 76.0. The van der Waals surface area contributed by atoms with E-state index in [1.807, 2.05) is 0 Å². The number of unbranched alkanes of at least 4 members (excludes halogenated alkanes) is 43. The van der Waals surface area contributed by atoms with Gasteiger partial charge in [-0.15, -0.1) is 0 Å². The first kappa shape index (κ1) is 70.6. The molecule has 6 heteroatoms. The molecular formula is C67H124O6. The molecule has 428 valence electrons. The summed E-state index contributed by atoms with van der Waals surface area (Å²) in [6.45, 7) is 6.64. The van der Waals surface area contributed by atoms with E-state index < -0.39 is 6.10 Å². The maximum Gasteiger partial charge on any atom is 0.306 e. The summed E-state index contributed by atoms with van der Waals surface area (Å²) in [4.78, 5) is 38.2. The molecule has 0 aliphatic carbocycles. The molecule has 0 rings (SSSR count). The van der Waals surface area contributed by atoms with E-state index in [1.165, 1.54) is 231 Å². The standard InChI is InChI=1S/C67H124O6/c1-4-7-10-13-16-19-22-24-26-27-28-29-30-31-32-33-34-35-36-37-38-39-41-42-45-48-51-54-57-60-66(69)72-63-64(62-71-65(68)59-56-53-50-47-44-21-18-15-12-9-6-3)73-67(70)61-58-55-52-49-46-43-40-25-23-20-17-14-11-8-5-2/h17,20,25,27-28,40,64H,4-16,18-19,21-24,26,29-39,41-63H2,1-3H3/b20-17-,28-27-,40-25-. The van der Waals surface area contributed by atoms with Crippen LogP contribution in [0.3, 0.4) is 0 Å². The second kappa shape index (κ2) is 62.2. The molecule has 0 aromatic rings. The topological polar surface area (TPSA) is 78.9 Å². The maximum absolute atomic E-state index is 12.9. The molecule has 0 aromatic carbocycles. The van der Waals surface area contributed by atoms with E-state index in [2.05, 4.69) is 57.2 Å². The number of carbonyl (C=O) groups is 3. The molecule has 0 amide bonds. The SMILES string of the molecule is CCCCC/C=C\C/C=C\CCCCCCCC(=O)OC(COC(=O)CCCCCCCCCCCCC)COC(=O)CCCCCCCCCCCCCCCCCCC/C=C\CCCCCCCCCC. The molecule has 0 aromatic heterocycles. The smallest absolute Gasteiger partial charge is 0.306 e. The maximum atomic E-state index is 12.9. The van der Waals surface area contributed by atoms with Crippen molar-refractivity contribution in [3.05, 3.63) is 36.5 Å². The van der Waals surface area contributed by atoms with Gasteiger partial charge in [0.1, 0.15) is 13.2 Å². The fourth-order valence-corrected chi connectivity index (χ4v) is 9.71. The number of hydrogen-bond donors (Lipinski definition) is 0. The summed E-state index contributed by atoms with van der Waals surface area (Å²) in [6, 6.07) is 0. The van der Waals surface area contributed by atoms with Crippen LogP contribution in [0.4, 0.5) is 0 Å². The van der Waals surface area contributed by atoms with Crippen LogP contribution in [0.15, 0.2) is 36.5 Å². The Morgan fingerprint density at radius 3 is 0.795 bits per heavy atom. The minimum Gasteiger partial charge on any atom is -0.462 e. The highest BCUT2D eigenvalue weighted by Gasteiger charge is 2.19. The van der Waals surface area contributed by atoms with Gasteiger partial charge >= 0.3 is 17.9 Å². The molecule has 0 aliphatic rings. The number of allylic oxidation sites excluding steroid dienone is 6. The molecule has 0 saturated heterocycles. The van der Waals surface area contributed by atoms with Crippen molar-refractivity contribution < 1.29 is 28.6 Å². The Morgan fingerprint density at radius 1 is 0.274 bits per heavy atom. The molecule has 0 saturated carbocycles.